The number of likely N-dealkylation sites (tertiary alicyclic amines) is 1. The Hall–Kier alpha value is -2.47. The lowest BCUT2D eigenvalue weighted by molar-refractivity contribution is -0.126. The summed E-state index contributed by atoms with van der Waals surface area (Å²) in [6.07, 6.45) is 8.85. The molecule has 2 aliphatic heterocycles. The largest absolute Gasteiger partial charge is 0.357 e. The monoisotopic (exact) mass is 424 g/mol. The molecule has 0 saturated carbocycles. The first kappa shape index (κ1) is 21.8. The van der Waals surface area contributed by atoms with E-state index >= 15 is 0 Å². The summed E-state index contributed by atoms with van der Waals surface area (Å²) in [7, 11) is 0. The van der Waals surface area contributed by atoms with Crippen molar-refractivity contribution in [3.63, 3.8) is 0 Å². The Bertz CT molecular complexity index is 849. The van der Waals surface area contributed by atoms with Crippen LogP contribution in [0.3, 0.4) is 0 Å². The Morgan fingerprint density at radius 1 is 1.03 bits per heavy atom. The third-order valence-corrected chi connectivity index (χ3v) is 6.38. The first-order valence-corrected chi connectivity index (χ1v) is 11.6. The van der Waals surface area contributed by atoms with Crippen LogP contribution in [0.2, 0.25) is 0 Å². The highest BCUT2D eigenvalue weighted by molar-refractivity contribution is 5.79. The predicted octanol–water partition coefficient (Wildman–Crippen LogP) is 4.13. The van der Waals surface area contributed by atoms with Gasteiger partial charge in [-0.3, -0.25) is 9.69 Å². The molecule has 5 nitrogen and oxygen atoms in total. The molecule has 166 valence electrons. The lowest BCUT2D eigenvalue weighted by Crippen LogP contribution is -2.42. The number of anilines is 1. The molecule has 1 N–H and O–H groups in total. The zero-order valence-corrected chi connectivity index (χ0v) is 18.2. The molecule has 4 rings (SSSR count). The van der Waals surface area contributed by atoms with Gasteiger partial charge in [-0.15, -0.1) is 0 Å². The zero-order chi connectivity index (χ0) is 21.5. The van der Waals surface area contributed by atoms with E-state index in [9.17, 15) is 9.18 Å². The van der Waals surface area contributed by atoms with E-state index in [1.54, 1.807) is 12.1 Å². The molecule has 2 saturated heterocycles. The highest BCUT2D eigenvalue weighted by atomic mass is 19.1. The minimum absolute atomic E-state index is 0.0216. The van der Waals surface area contributed by atoms with Crippen molar-refractivity contribution in [1.82, 2.24) is 15.2 Å². The van der Waals surface area contributed by atoms with E-state index in [0.717, 1.165) is 49.4 Å². The van der Waals surface area contributed by atoms with Crippen LogP contribution in [0.5, 0.6) is 0 Å². The van der Waals surface area contributed by atoms with Crippen molar-refractivity contribution in [2.45, 2.75) is 51.6 Å². The fourth-order valence-electron chi connectivity index (χ4n) is 4.65. The van der Waals surface area contributed by atoms with Crippen LogP contribution in [0.1, 0.15) is 49.7 Å². The molecular weight excluding hydrogens is 391 g/mol. The highest BCUT2D eigenvalue weighted by Gasteiger charge is 2.25. The molecule has 1 atom stereocenters. The summed E-state index contributed by atoms with van der Waals surface area (Å²) in [6.45, 7) is 5.01. The first-order valence-electron chi connectivity index (χ1n) is 11.6. The molecular formula is C25H33FN4O. The number of nitrogens with one attached hydrogen (secondary N) is 1. The van der Waals surface area contributed by atoms with E-state index < -0.39 is 0 Å². The molecule has 1 unspecified atom stereocenters. The van der Waals surface area contributed by atoms with Crippen LogP contribution in [-0.2, 0) is 17.9 Å². The Morgan fingerprint density at radius 3 is 2.61 bits per heavy atom. The molecule has 3 heterocycles. The minimum atomic E-state index is -0.209. The SMILES string of the molecule is O=C(NCc1ccc(N2CCCCCC2)nc1)C1CCCN(Cc2cccc(F)c2)C1. The third-order valence-electron chi connectivity index (χ3n) is 6.38. The fraction of sp³-hybridized carbons (Fsp3) is 0.520. The first-order chi connectivity index (χ1) is 15.2. The maximum atomic E-state index is 13.4. The van der Waals surface area contributed by atoms with Crippen molar-refractivity contribution in [3.05, 3.63) is 59.5 Å². The normalized spacial score (nSPS) is 20.3. The molecule has 31 heavy (non-hydrogen) atoms. The summed E-state index contributed by atoms with van der Waals surface area (Å²) in [5.41, 5.74) is 1.98. The number of aromatic nitrogens is 1. The number of rotatable bonds is 6. The Kier molecular flexibility index (Phi) is 7.52. The van der Waals surface area contributed by atoms with Gasteiger partial charge in [0.1, 0.15) is 11.6 Å². The molecule has 1 aromatic carbocycles. The molecule has 0 aliphatic carbocycles. The number of pyridine rings is 1. The lowest BCUT2D eigenvalue weighted by atomic mass is 9.96. The maximum absolute atomic E-state index is 13.4. The summed E-state index contributed by atoms with van der Waals surface area (Å²) in [6, 6.07) is 10.9. The maximum Gasteiger partial charge on any atom is 0.224 e. The van der Waals surface area contributed by atoms with Crippen LogP contribution in [0, 0.1) is 11.7 Å². The molecule has 1 aromatic heterocycles. The molecule has 0 bridgehead atoms. The van der Waals surface area contributed by atoms with Crippen LogP contribution >= 0.6 is 0 Å². The number of nitrogens with zero attached hydrogens (tertiary/aromatic N) is 3. The summed E-state index contributed by atoms with van der Waals surface area (Å²) in [4.78, 5) is 22.0. The van der Waals surface area contributed by atoms with Crippen LogP contribution in [0.15, 0.2) is 42.6 Å². The quantitative estimate of drug-likeness (QED) is 0.758. The number of amides is 1. The Morgan fingerprint density at radius 2 is 1.87 bits per heavy atom. The van der Waals surface area contributed by atoms with Gasteiger partial charge in [0.05, 0.1) is 5.92 Å². The average Bonchev–Trinajstić information content (AvgIpc) is 3.08. The van der Waals surface area contributed by atoms with Crippen molar-refractivity contribution in [2.24, 2.45) is 5.92 Å². The standard InChI is InChI=1S/C25H33FN4O/c26-23-9-5-7-20(15-23)18-29-12-6-8-22(19-29)25(31)28-17-21-10-11-24(27-16-21)30-13-3-1-2-4-14-30/h5,7,9-11,15-16,22H,1-4,6,8,12-14,17-19H2,(H,28,31). The topological polar surface area (TPSA) is 48.5 Å². The second-order valence-electron chi connectivity index (χ2n) is 8.85. The predicted molar refractivity (Wildman–Crippen MR) is 121 cm³/mol. The third kappa shape index (κ3) is 6.26. The summed E-state index contributed by atoms with van der Waals surface area (Å²) < 4.78 is 13.4. The van der Waals surface area contributed by atoms with E-state index in [2.05, 4.69) is 32.2 Å². The lowest BCUT2D eigenvalue weighted by Gasteiger charge is -2.32. The minimum Gasteiger partial charge on any atom is -0.357 e. The van der Waals surface area contributed by atoms with Crippen LogP contribution in [0.25, 0.3) is 0 Å². The Labute approximate surface area is 184 Å². The number of halogens is 1. The second-order valence-corrected chi connectivity index (χ2v) is 8.85. The Balaban J connectivity index is 1.26. The fourth-order valence-corrected chi connectivity index (χ4v) is 4.65. The molecule has 6 heteroatoms. The zero-order valence-electron chi connectivity index (χ0n) is 18.2. The van der Waals surface area contributed by atoms with Gasteiger partial charge in [-0.05, 0) is 61.6 Å². The van der Waals surface area contributed by atoms with Gasteiger partial charge >= 0.3 is 0 Å². The number of benzene rings is 1. The van der Waals surface area contributed by atoms with Crippen LogP contribution < -0.4 is 10.2 Å². The van der Waals surface area contributed by atoms with Gasteiger partial charge in [-0.25, -0.2) is 9.37 Å². The molecule has 2 aliphatic rings. The van der Waals surface area contributed by atoms with Gasteiger partial charge in [-0.2, -0.15) is 0 Å². The van der Waals surface area contributed by atoms with E-state index in [1.165, 1.54) is 31.7 Å². The van der Waals surface area contributed by atoms with E-state index in [1.807, 2.05) is 12.3 Å². The molecule has 0 spiro atoms. The smallest absolute Gasteiger partial charge is 0.224 e. The van der Waals surface area contributed by atoms with Crippen molar-refractivity contribution in [1.29, 1.82) is 0 Å². The number of hydrogen-bond acceptors (Lipinski definition) is 4. The van der Waals surface area contributed by atoms with Gasteiger partial charge in [0.15, 0.2) is 0 Å². The van der Waals surface area contributed by atoms with Crippen molar-refractivity contribution < 1.29 is 9.18 Å². The van der Waals surface area contributed by atoms with Gasteiger partial charge in [0, 0.05) is 38.9 Å². The summed E-state index contributed by atoms with van der Waals surface area (Å²) >= 11 is 0. The molecule has 2 fully saturated rings. The molecule has 1 amide bonds. The van der Waals surface area contributed by atoms with Crippen molar-refractivity contribution in [2.75, 3.05) is 31.1 Å². The van der Waals surface area contributed by atoms with Crippen LogP contribution in [0.4, 0.5) is 10.2 Å². The number of hydrogen-bond donors (Lipinski definition) is 1. The van der Waals surface area contributed by atoms with Crippen molar-refractivity contribution >= 4 is 11.7 Å². The van der Waals surface area contributed by atoms with E-state index in [-0.39, 0.29) is 17.6 Å². The van der Waals surface area contributed by atoms with Gasteiger partial charge in [0.25, 0.3) is 0 Å². The van der Waals surface area contributed by atoms with Crippen LogP contribution in [-0.4, -0.2) is 42.0 Å². The summed E-state index contributed by atoms with van der Waals surface area (Å²) in [5.74, 6) is 0.906. The number of carbonyl (C=O) groups excluding carboxylic acids is 1. The molecule has 0 radical (unpaired) electrons. The second kappa shape index (κ2) is 10.7. The van der Waals surface area contributed by atoms with Gasteiger partial charge in [-0.1, -0.05) is 31.0 Å². The van der Waals surface area contributed by atoms with Gasteiger partial charge < -0.3 is 10.2 Å². The number of piperidine rings is 1. The molecule has 2 aromatic rings. The number of carbonyl (C=O) groups is 1. The van der Waals surface area contributed by atoms with E-state index in [0.29, 0.717) is 19.6 Å². The highest BCUT2D eigenvalue weighted by Crippen LogP contribution is 2.20. The van der Waals surface area contributed by atoms with Crippen molar-refractivity contribution in [3.8, 4) is 0 Å². The van der Waals surface area contributed by atoms with E-state index in [4.69, 9.17) is 0 Å². The average molecular weight is 425 g/mol. The van der Waals surface area contributed by atoms with Gasteiger partial charge in [0.2, 0.25) is 5.91 Å². The summed E-state index contributed by atoms with van der Waals surface area (Å²) in [5, 5.41) is 3.09.